The molecule has 3 heterocycles. The second-order valence-electron chi connectivity index (χ2n) is 11.8. The van der Waals surface area contributed by atoms with Gasteiger partial charge in [0.2, 0.25) is 10.0 Å². The molecule has 0 amide bonds. The van der Waals surface area contributed by atoms with Crippen LogP contribution >= 0.6 is 0 Å². The summed E-state index contributed by atoms with van der Waals surface area (Å²) < 4.78 is 44.6. The molecule has 0 spiro atoms. The summed E-state index contributed by atoms with van der Waals surface area (Å²) in [5.74, 6) is -0.192. The lowest BCUT2D eigenvalue weighted by molar-refractivity contribution is 0.101. The zero-order valence-electron chi connectivity index (χ0n) is 25.6. The van der Waals surface area contributed by atoms with Crippen LogP contribution in [-0.4, -0.2) is 65.3 Å². The molecule has 1 aliphatic rings. The normalized spacial score (nSPS) is 14.5. The summed E-state index contributed by atoms with van der Waals surface area (Å²) in [7, 11) is -3.70. The number of piperidine rings is 1. The van der Waals surface area contributed by atoms with Gasteiger partial charge in [-0.3, -0.25) is 9.48 Å². The number of hydrogen-bond acceptors (Lipinski definition) is 7. The molecule has 0 aliphatic carbocycles. The number of H-pyrrole nitrogens is 1. The molecule has 10 nitrogen and oxygen atoms in total. The van der Waals surface area contributed by atoms with Crippen LogP contribution in [0.25, 0.3) is 33.3 Å². The third kappa shape index (κ3) is 6.48. The first-order valence-electron chi connectivity index (χ1n) is 15.2. The molecule has 0 radical (unpaired) electrons. The Balaban J connectivity index is 1.02. The summed E-state index contributed by atoms with van der Waals surface area (Å²) in [5, 5.41) is 18.7. The van der Waals surface area contributed by atoms with Gasteiger partial charge in [-0.15, -0.1) is 5.10 Å². The molecule has 0 bridgehead atoms. The van der Waals surface area contributed by atoms with Gasteiger partial charge in [0.1, 0.15) is 11.5 Å². The quantitative estimate of drug-likeness (QED) is 0.198. The van der Waals surface area contributed by atoms with Crippen molar-refractivity contribution in [1.82, 2.24) is 29.6 Å². The Bertz CT molecular complexity index is 2070. The molecule has 2 aromatic heterocycles. The highest BCUT2D eigenvalue weighted by Crippen LogP contribution is 2.33. The van der Waals surface area contributed by atoms with Gasteiger partial charge in [-0.1, -0.05) is 29.5 Å². The number of fused-ring (bicyclic) bond motifs is 1. The van der Waals surface area contributed by atoms with Crippen molar-refractivity contribution in [3.8, 4) is 28.5 Å². The summed E-state index contributed by atoms with van der Waals surface area (Å²) in [4.78, 5) is 17.8. The van der Waals surface area contributed by atoms with Crippen molar-refractivity contribution in [3.05, 3.63) is 89.5 Å². The minimum absolute atomic E-state index is 0.165. The lowest BCUT2D eigenvalue weighted by atomic mass is 9.97. The number of nitriles is 1. The molecule has 1 saturated heterocycles. The van der Waals surface area contributed by atoms with Crippen molar-refractivity contribution in [2.75, 3.05) is 26.2 Å². The molecule has 6 rings (SSSR count). The zero-order valence-corrected chi connectivity index (χ0v) is 26.4. The van der Waals surface area contributed by atoms with Gasteiger partial charge in [-0.2, -0.15) is 5.26 Å². The smallest absolute Gasteiger partial charge is 0.240 e. The fourth-order valence-corrected chi connectivity index (χ4v) is 7.30. The number of carbonyl (C=O) groups is 1. The van der Waals surface area contributed by atoms with E-state index in [1.54, 1.807) is 47.3 Å². The van der Waals surface area contributed by atoms with E-state index in [1.165, 1.54) is 19.1 Å². The van der Waals surface area contributed by atoms with E-state index in [-0.39, 0.29) is 10.7 Å². The molecule has 0 atom stereocenters. The maximum atomic E-state index is 14.0. The van der Waals surface area contributed by atoms with E-state index in [9.17, 15) is 22.9 Å². The summed E-state index contributed by atoms with van der Waals surface area (Å²) in [6.07, 6.45) is 3.64. The third-order valence-electron chi connectivity index (χ3n) is 8.63. The maximum absolute atomic E-state index is 14.0. The van der Waals surface area contributed by atoms with Gasteiger partial charge in [0.05, 0.1) is 28.4 Å². The van der Waals surface area contributed by atoms with Gasteiger partial charge in [0, 0.05) is 43.0 Å². The highest BCUT2D eigenvalue weighted by molar-refractivity contribution is 7.89. The number of likely N-dealkylation sites (tertiary alicyclic amines) is 1. The molecule has 3 aromatic carbocycles. The Morgan fingerprint density at radius 2 is 1.89 bits per heavy atom. The monoisotopic (exact) mass is 639 g/mol. The Labute approximate surface area is 266 Å². The van der Waals surface area contributed by atoms with Crippen molar-refractivity contribution in [2.45, 2.75) is 38.1 Å². The number of aryl methyl sites for hydroxylation is 1. The predicted octanol–water partition coefficient (Wildman–Crippen LogP) is 5.31. The van der Waals surface area contributed by atoms with Gasteiger partial charge in [0.15, 0.2) is 5.78 Å². The van der Waals surface area contributed by atoms with Crippen molar-refractivity contribution in [1.29, 1.82) is 5.26 Å². The molecular weight excluding hydrogens is 605 g/mol. The molecule has 1 fully saturated rings. The Morgan fingerprint density at radius 3 is 2.63 bits per heavy atom. The van der Waals surface area contributed by atoms with Gasteiger partial charge >= 0.3 is 0 Å². The SMILES string of the molecule is CC(=O)c1[nH]c2ccc(F)cc2c1-c1cn(CC2CCN(CCNS(=O)(=O)c3ccc(-c4ccccc4C#N)c(C)c3)CC2)nn1. The fraction of sp³-hybridized carbons (Fsp3) is 0.294. The van der Waals surface area contributed by atoms with E-state index in [0.29, 0.717) is 59.0 Å². The van der Waals surface area contributed by atoms with Gasteiger partial charge in [-0.05, 0) is 91.9 Å². The Kier molecular flexibility index (Phi) is 8.82. The second kappa shape index (κ2) is 13.0. The van der Waals surface area contributed by atoms with E-state index in [1.807, 2.05) is 19.1 Å². The van der Waals surface area contributed by atoms with Crippen LogP contribution in [0.15, 0.2) is 71.8 Å². The van der Waals surface area contributed by atoms with Crippen LogP contribution in [0.2, 0.25) is 0 Å². The van der Waals surface area contributed by atoms with Crippen LogP contribution in [0.3, 0.4) is 0 Å². The summed E-state index contributed by atoms with van der Waals surface area (Å²) in [6.45, 7) is 6.52. The fourth-order valence-electron chi connectivity index (χ4n) is 6.20. The van der Waals surface area contributed by atoms with Crippen molar-refractivity contribution < 1.29 is 17.6 Å². The molecule has 0 unspecified atom stereocenters. The van der Waals surface area contributed by atoms with E-state index >= 15 is 0 Å². The lowest BCUT2D eigenvalue weighted by Crippen LogP contribution is -2.40. The number of nitrogens with one attached hydrogen (secondary N) is 2. The first kappa shape index (κ1) is 31.3. The molecule has 12 heteroatoms. The van der Waals surface area contributed by atoms with E-state index in [4.69, 9.17) is 0 Å². The van der Waals surface area contributed by atoms with Crippen LogP contribution in [0.5, 0.6) is 0 Å². The maximum Gasteiger partial charge on any atom is 0.240 e. The minimum Gasteiger partial charge on any atom is -0.352 e. The Morgan fingerprint density at radius 1 is 1.11 bits per heavy atom. The zero-order chi connectivity index (χ0) is 32.4. The number of hydrogen-bond donors (Lipinski definition) is 2. The van der Waals surface area contributed by atoms with Crippen molar-refractivity contribution in [2.24, 2.45) is 5.92 Å². The number of aromatic amines is 1. The molecule has 0 saturated carbocycles. The van der Waals surface area contributed by atoms with E-state index in [0.717, 1.165) is 42.6 Å². The van der Waals surface area contributed by atoms with E-state index in [2.05, 4.69) is 31.0 Å². The van der Waals surface area contributed by atoms with Crippen LogP contribution < -0.4 is 4.72 Å². The second-order valence-corrected chi connectivity index (χ2v) is 13.5. The number of Topliss-reactive ketones (excluding diaryl/α,β-unsaturated/α-hetero) is 1. The third-order valence-corrected chi connectivity index (χ3v) is 10.1. The van der Waals surface area contributed by atoms with Crippen LogP contribution in [-0.2, 0) is 16.6 Å². The lowest BCUT2D eigenvalue weighted by Gasteiger charge is -2.31. The number of rotatable bonds is 10. The average molecular weight is 640 g/mol. The largest absolute Gasteiger partial charge is 0.352 e. The molecule has 236 valence electrons. The summed E-state index contributed by atoms with van der Waals surface area (Å²) in [5.41, 5.74) is 5.05. The highest BCUT2D eigenvalue weighted by Gasteiger charge is 2.23. The topological polar surface area (TPSA) is 137 Å². The van der Waals surface area contributed by atoms with Gasteiger partial charge < -0.3 is 9.88 Å². The Hall–Kier alpha value is -4.70. The van der Waals surface area contributed by atoms with Crippen LogP contribution in [0.1, 0.15) is 41.4 Å². The van der Waals surface area contributed by atoms with Crippen molar-refractivity contribution >= 4 is 26.7 Å². The number of sulfonamides is 1. The molecule has 46 heavy (non-hydrogen) atoms. The van der Waals surface area contributed by atoms with Crippen LogP contribution in [0, 0.1) is 30.0 Å². The molecular formula is C34H34FN7O3S. The number of carbonyl (C=O) groups excluding carboxylic acids is 1. The first-order chi connectivity index (χ1) is 22.1. The molecule has 1 aliphatic heterocycles. The molecule has 2 N–H and O–H groups in total. The summed E-state index contributed by atoms with van der Waals surface area (Å²) in [6, 6.07) is 18.8. The number of aromatic nitrogens is 4. The number of benzene rings is 3. The van der Waals surface area contributed by atoms with Crippen LogP contribution in [0.4, 0.5) is 4.39 Å². The summed E-state index contributed by atoms with van der Waals surface area (Å²) >= 11 is 0. The number of ketones is 1. The predicted molar refractivity (Wildman–Crippen MR) is 173 cm³/mol. The molecule has 5 aromatic rings. The average Bonchev–Trinajstić information content (AvgIpc) is 3.66. The first-order valence-corrected chi connectivity index (χ1v) is 16.7. The standard InChI is InChI=1S/C34H34FN7O3S/c1-22-17-27(8-9-28(22)29-6-4-3-5-25(29)19-36)46(44,45)37-13-16-41-14-11-24(12-15-41)20-42-21-32(39-40-42)33-30-18-26(35)7-10-31(30)38-34(33)23(2)43/h3-10,17-18,21,24,37-38H,11-16,20H2,1-2H3. The number of nitrogens with zero attached hydrogens (tertiary/aromatic N) is 5. The van der Waals surface area contributed by atoms with Crippen molar-refractivity contribution in [3.63, 3.8) is 0 Å². The van der Waals surface area contributed by atoms with Gasteiger partial charge in [-0.25, -0.2) is 17.5 Å². The van der Waals surface area contributed by atoms with E-state index < -0.39 is 15.8 Å². The highest BCUT2D eigenvalue weighted by atomic mass is 32.2. The minimum atomic E-state index is -3.70. The van der Waals surface area contributed by atoms with Gasteiger partial charge in [0.25, 0.3) is 0 Å². The number of halogens is 1.